The third-order valence-electron chi connectivity index (χ3n) is 14.6. The van der Waals surface area contributed by atoms with Crippen LogP contribution in [0.1, 0.15) is 129 Å². The normalized spacial score (nSPS) is 15.2. The number of fused-ring (bicyclic) bond motifs is 5. The number of hydrogen-bond acceptors (Lipinski definition) is 2. The van der Waals surface area contributed by atoms with Crippen molar-refractivity contribution in [2.45, 2.75) is 125 Å². The van der Waals surface area contributed by atoms with Gasteiger partial charge in [0.25, 0.3) is 6.71 Å². The van der Waals surface area contributed by atoms with Crippen molar-refractivity contribution in [3.8, 4) is 22.3 Å². The molecule has 0 amide bonds. The zero-order chi connectivity index (χ0) is 46.0. The fraction of sp³-hybridized carbons (Fsp3) is 0.323. The largest absolute Gasteiger partial charge is 0.311 e. The minimum Gasteiger partial charge on any atom is -0.311 e. The van der Waals surface area contributed by atoms with Gasteiger partial charge < -0.3 is 9.80 Å². The summed E-state index contributed by atoms with van der Waals surface area (Å²) in [6.07, 6.45) is 2.15. The van der Waals surface area contributed by atoms with E-state index in [1.807, 2.05) is 0 Å². The highest BCUT2D eigenvalue weighted by Gasteiger charge is 2.46. The maximum Gasteiger partial charge on any atom is 0.252 e. The van der Waals surface area contributed by atoms with Gasteiger partial charge in [0, 0.05) is 39.6 Å². The van der Waals surface area contributed by atoms with Gasteiger partial charge >= 0.3 is 0 Å². The smallest absolute Gasteiger partial charge is 0.252 e. The molecule has 7 aromatic rings. The molecule has 2 aliphatic heterocycles. The van der Waals surface area contributed by atoms with Gasteiger partial charge in [0.15, 0.2) is 0 Å². The van der Waals surface area contributed by atoms with Crippen LogP contribution in [0, 0.1) is 5.41 Å². The molecule has 328 valence electrons. The van der Waals surface area contributed by atoms with Crippen LogP contribution in [-0.4, -0.2) is 6.71 Å². The molecule has 7 aromatic carbocycles. The summed E-state index contributed by atoms with van der Waals surface area (Å²) < 4.78 is 0. The predicted octanol–water partition coefficient (Wildman–Crippen LogP) is 15.2. The second-order valence-corrected chi connectivity index (χ2v) is 23.7. The van der Waals surface area contributed by atoms with Crippen LogP contribution >= 0.6 is 0 Å². The van der Waals surface area contributed by atoms with E-state index in [0.29, 0.717) is 5.92 Å². The van der Waals surface area contributed by atoms with Gasteiger partial charge in [0.1, 0.15) is 0 Å². The van der Waals surface area contributed by atoms with Crippen LogP contribution in [0.15, 0.2) is 140 Å². The molecule has 65 heavy (non-hydrogen) atoms. The second kappa shape index (κ2) is 15.1. The number of rotatable bonds is 5. The number of nitrogens with zero attached hydrogens (tertiary/aromatic N) is 2. The third-order valence-corrected chi connectivity index (χ3v) is 14.6. The lowest BCUT2D eigenvalue weighted by molar-refractivity contribution is 0.392. The lowest BCUT2D eigenvalue weighted by Gasteiger charge is -2.46. The van der Waals surface area contributed by atoms with Crippen LogP contribution in [0.2, 0.25) is 0 Å². The molecule has 3 aliphatic rings. The van der Waals surface area contributed by atoms with Crippen molar-refractivity contribution in [3.05, 3.63) is 173 Å². The van der Waals surface area contributed by atoms with Crippen molar-refractivity contribution in [3.63, 3.8) is 0 Å². The fourth-order valence-corrected chi connectivity index (χ4v) is 11.0. The Morgan fingerprint density at radius 2 is 0.969 bits per heavy atom. The summed E-state index contributed by atoms with van der Waals surface area (Å²) in [5.41, 5.74) is 25.2. The van der Waals surface area contributed by atoms with E-state index in [1.54, 1.807) is 0 Å². The van der Waals surface area contributed by atoms with Gasteiger partial charge in [0.05, 0.1) is 5.69 Å². The highest BCUT2D eigenvalue weighted by Crippen LogP contribution is 2.53. The topological polar surface area (TPSA) is 6.48 Å². The molecule has 0 spiro atoms. The van der Waals surface area contributed by atoms with E-state index in [9.17, 15) is 0 Å². The zero-order valence-electron chi connectivity index (χ0n) is 41.2. The number of anilines is 6. The van der Waals surface area contributed by atoms with Crippen molar-refractivity contribution in [2.24, 2.45) is 5.41 Å². The molecule has 0 saturated heterocycles. The van der Waals surface area contributed by atoms with Gasteiger partial charge in [-0.05, 0) is 150 Å². The predicted molar refractivity (Wildman–Crippen MR) is 283 cm³/mol. The quantitative estimate of drug-likeness (QED) is 0.159. The molecule has 0 unspecified atom stereocenters. The summed E-state index contributed by atoms with van der Waals surface area (Å²) in [6, 6.07) is 54.6. The van der Waals surface area contributed by atoms with Crippen LogP contribution in [0.3, 0.4) is 0 Å². The number of benzene rings is 7. The van der Waals surface area contributed by atoms with Gasteiger partial charge in [-0.1, -0.05) is 181 Å². The summed E-state index contributed by atoms with van der Waals surface area (Å²) in [7, 11) is 0. The fourth-order valence-electron chi connectivity index (χ4n) is 11.0. The minimum absolute atomic E-state index is 0.0196. The monoisotopic (exact) mass is 851 g/mol. The molecule has 0 aromatic heterocycles. The number of hydrogen-bond donors (Lipinski definition) is 0. The van der Waals surface area contributed by atoms with Gasteiger partial charge in [-0.2, -0.15) is 0 Å². The van der Waals surface area contributed by atoms with Gasteiger partial charge in [0.2, 0.25) is 0 Å². The van der Waals surface area contributed by atoms with Crippen molar-refractivity contribution in [2.75, 3.05) is 9.80 Å². The van der Waals surface area contributed by atoms with E-state index in [-0.39, 0.29) is 28.4 Å². The minimum atomic E-state index is -0.0723. The molecule has 3 heteroatoms. The summed E-state index contributed by atoms with van der Waals surface area (Å²) in [6.45, 7) is 30.7. The van der Waals surface area contributed by atoms with E-state index < -0.39 is 0 Å². The molecule has 0 N–H and O–H groups in total. The van der Waals surface area contributed by atoms with Crippen LogP contribution in [0.5, 0.6) is 0 Å². The first-order chi connectivity index (χ1) is 30.7. The molecule has 0 radical (unpaired) electrons. The first-order valence-electron chi connectivity index (χ1n) is 24.2. The van der Waals surface area contributed by atoms with Gasteiger partial charge in [-0.3, -0.25) is 0 Å². The maximum absolute atomic E-state index is 2.73. The standard InChI is InChI=1S/C62H67BN2/c1-39(2)42-31-55-57-56(32-42)65(58-49(40-20-16-14-17-21-40)34-47(61(9,10)11)35-50(58)41-22-18-15-19-23-41)54-33-44-38-62(12,13)37-43(44)30-51(54)63(57)52-36-46(60(6,7)8)26-29-53(52)64(55)48-27-24-45(25-28-48)59(3,4)5/h14-36,39H,37-38H2,1-13H3. The van der Waals surface area contributed by atoms with E-state index in [2.05, 4.69) is 239 Å². The zero-order valence-corrected chi connectivity index (χ0v) is 41.2. The molecule has 1 aliphatic carbocycles. The molecular weight excluding hydrogens is 784 g/mol. The van der Waals surface area contributed by atoms with E-state index >= 15 is 0 Å². The second-order valence-electron chi connectivity index (χ2n) is 23.7. The van der Waals surface area contributed by atoms with E-state index in [1.165, 1.54) is 106 Å². The van der Waals surface area contributed by atoms with Crippen molar-refractivity contribution in [1.29, 1.82) is 0 Å². The molecule has 0 saturated carbocycles. The summed E-state index contributed by atoms with van der Waals surface area (Å²) in [4.78, 5) is 5.34. The van der Waals surface area contributed by atoms with Crippen molar-refractivity contribution < 1.29 is 0 Å². The van der Waals surface area contributed by atoms with Crippen LogP contribution in [0.25, 0.3) is 22.3 Å². The molecule has 2 heterocycles. The molecule has 0 bridgehead atoms. The summed E-state index contributed by atoms with van der Waals surface area (Å²) >= 11 is 0. The molecule has 0 fully saturated rings. The van der Waals surface area contributed by atoms with Crippen molar-refractivity contribution in [1.82, 2.24) is 0 Å². The van der Waals surface area contributed by atoms with Crippen molar-refractivity contribution >= 4 is 57.2 Å². The van der Waals surface area contributed by atoms with E-state index in [4.69, 9.17) is 0 Å². The lowest BCUT2D eigenvalue weighted by Crippen LogP contribution is -2.61. The molecule has 2 nitrogen and oxygen atoms in total. The van der Waals surface area contributed by atoms with Gasteiger partial charge in [-0.15, -0.1) is 0 Å². The van der Waals surface area contributed by atoms with Crippen LogP contribution in [-0.2, 0) is 29.1 Å². The maximum atomic E-state index is 2.73. The Kier molecular flexibility index (Phi) is 10.0. The Balaban J connectivity index is 1.38. The Hall–Kier alpha value is -5.80. The molecular formula is C62H67BN2. The highest BCUT2D eigenvalue weighted by molar-refractivity contribution is 7.00. The average Bonchev–Trinajstić information content (AvgIpc) is 3.57. The first kappa shape index (κ1) is 43.1. The summed E-state index contributed by atoms with van der Waals surface area (Å²) in [5, 5.41) is 0. The molecule has 0 atom stereocenters. The Labute approximate surface area is 390 Å². The lowest BCUT2D eigenvalue weighted by atomic mass is 9.33. The summed E-state index contributed by atoms with van der Waals surface area (Å²) in [5.74, 6) is 0.305. The van der Waals surface area contributed by atoms with Crippen LogP contribution in [0.4, 0.5) is 34.1 Å². The highest BCUT2D eigenvalue weighted by atomic mass is 15.2. The van der Waals surface area contributed by atoms with Gasteiger partial charge in [-0.25, -0.2) is 0 Å². The first-order valence-corrected chi connectivity index (χ1v) is 24.2. The Morgan fingerprint density at radius 1 is 0.477 bits per heavy atom. The third kappa shape index (κ3) is 7.44. The SMILES string of the molecule is CC(C)c1cc2c3c(c1)N(c1c(-c4ccccc4)cc(C(C)(C)C)cc1-c1ccccc1)c1cc4c(cc1B3c1cc(C(C)(C)C)ccc1N2c1ccc(C(C)(C)C)cc1)CC(C)(C)C4. The Morgan fingerprint density at radius 3 is 1.49 bits per heavy atom. The van der Waals surface area contributed by atoms with E-state index in [0.717, 1.165) is 12.8 Å². The van der Waals surface area contributed by atoms with Crippen LogP contribution < -0.4 is 26.2 Å². The molecule has 10 rings (SSSR count). The average molecular weight is 851 g/mol. The Bertz CT molecular complexity index is 2910.